The summed E-state index contributed by atoms with van der Waals surface area (Å²) in [6, 6.07) is 7.57. The van der Waals surface area contributed by atoms with Crippen molar-refractivity contribution >= 4 is 40.5 Å². The Hall–Kier alpha value is -1.85. The van der Waals surface area contributed by atoms with E-state index in [-0.39, 0.29) is 22.9 Å². The van der Waals surface area contributed by atoms with Crippen LogP contribution in [0.3, 0.4) is 0 Å². The summed E-state index contributed by atoms with van der Waals surface area (Å²) >= 11 is 11.5. The monoisotopic (exact) mass is 330 g/mol. The number of rotatable bonds is 4. The van der Waals surface area contributed by atoms with E-state index in [1.165, 1.54) is 30.3 Å². The first-order valence-electron chi connectivity index (χ1n) is 5.89. The molecule has 0 aliphatic rings. The zero-order valence-electron chi connectivity index (χ0n) is 10.6. The molecule has 2 aromatic carbocycles. The number of halogens is 4. The Morgan fingerprint density at radius 1 is 1.05 bits per heavy atom. The van der Waals surface area contributed by atoms with Crippen molar-refractivity contribution in [3.63, 3.8) is 0 Å². The Morgan fingerprint density at radius 3 is 2.52 bits per heavy atom. The van der Waals surface area contributed by atoms with Gasteiger partial charge in [-0.2, -0.15) is 0 Å². The molecule has 0 saturated heterocycles. The van der Waals surface area contributed by atoms with E-state index in [9.17, 15) is 13.6 Å². The third-order valence-corrected chi connectivity index (χ3v) is 3.12. The van der Waals surface area contributed by atoms with Crippen molar-refractivity contribution in [2.45, 2.75) is 0 Å². The maximum Gasteiger partial charge on any atom is 0.243 e. The van der Waals surface area contributed by atoms with Gasteiger partial charge in [-0.25, -0.2) is 8.78 Å². The van der Waals surface area contributed by atoms with E-state index in [4.69, 9.17) is 23.2 Å². The third kappa shape index (κ3) is 4.31. The summed E-state index contributed by atoms with van der Waals surface area (Å²) in [5.41, 5.74) is 0.388. The van der Waals surface area contributed by atoms with E-state index in [0.717, 1.165) is 6.07 Å². The third-order valence-electron chi connectivity index (χ3n) is 2.57. The lowest BCUT2D eigenvalue weighted by Gasteiger charge is -2.10. The quantitative estimate of drug-likeness (QED) is 0.876. The minimum absolute atomic E-state index is 0.0808. The first kappa shape index (κ1) is 15.5. The van der Waals surface area contributed by atoms with E-state index >= 15 is 0 Å². The molecule has 0 unspecified atom stereocenters. The summed E-state index contributed by atoms with van der Waals surface area (Å²) in [6.45, 7) is -0.190. The van der Waals surface area contributed by atoms with E-state index < -0.39 is 17.5 Å². The van der Waals surface area contributed by atoms with Gasteiger partial charge in [-0.3, -0.25) is 4.79 Å². The van der Waals surface area contributed by atoms with Crippen molar-refractivity contribution in [2.24, 2.45) is 0 Å². The molecule has 0 atom stereocenters. The molecule has 0 fully saturated rings. The first-order chi connectivity index (χ1) is 9.95. The summed E-state index contributed by atoms with van der Waals surface area (Å²) in [5, 5.41) is 5.53. The molecular formula is C14H10Cl2F2N2O. The SMILES string of the molecule is O=C(CNc1cc(Cl)ccc1F)Nc1ccc(F)cc1Cl. The molecule has 0 heterocycles. The molecular weight excluding hydrogens is 321 g/mol. The van der Waals surface area contributed by atoms with Crippen molar-refractivity contribution in [1.29, 1.82) is 0 Å². The molecule has 0 aromatic heterocycles. The lowest BCUT2D eigenvalue weighted by Crippen LogP contribution is -2.22. The number of hydrogen-bond donors (Lipinski definition) is 2. The average Bonchev–Trinajstić information content (AvgIpc) is 2.43. The molecule has 1 amide bonds. The Labute approximate surface area is 129 Å². The minimum Gasteiger partial charge on any atom is -0.374 e. The number of hydrogen-bond acceptors (Lipinski definition) is 2. The largest absolute Gasteiger partial charge is 0.374 e. The van der Waals surface area contributed by atoms with Crippen LogP contribution in [0, 0.1) is 11.6 Å². The van der Waals surface area contributed by atoms with Gasteiger partial charge in [0.15, 0.2) is 0 Å². The fraction of sp³-hybridized carbons (Fsp3) is 0.0714. The highest BCUT2D eigenvalue weighted by atomic mass is 35.5. The number of carbonyl (C=O) groups excluding carboxylic acids is 1. The number of anilines is 2. The maximum atomic E-state index is 13.4. The fourth-order valence-corrected chi connectivity index (χ4v) is 1.98. The molecule has 2 aromatic rings. The van der Waals surface area contributed by atoms with Crippen LogP contribution >= 0.6 is 23.2 Å². The van der Waals surface area contributed by atoms with Crippen LogP contribution in [0.2, 0.25) is 10.0 Å². The van der Waals surface area contributed by atoms with Crippen LogP contribution in [0.5, 0.6) is 0 Å². The summed E-state index contributed by atoms with van der Waals surface area (Å²) in [7, 11) is 0. The predicted octanol–water partition coefficient (Wildman–Crippen LogP) is 4.32. The van der Waals surface area contributed by atoms with Gasteiger partial charge in [0.05, 0.1) is 22.9 Å². The molecule has 110 valence electrons. The predicted molar refractivity (Wildman–Crippen MR) is 79.9 cm³/mol. The molecule has 0 saturated carbocycles. The second kappa shape index (κ2) is 6.74. The number of amides is 1. The summed E-state index contributed by atoms with van der Waals surface area (Å²) in [6.07, 6.45) is 0. The summed E-state index contributed by atoms with van der Waals surface area (Å²) in [4.78, 5) is 11.7. The van der Waals surface area contributed by atoms with Crippen LogP contribution in [0.4, 0.5) is 20.2 Å². The van der Waals surface area contributed by atoms with Gasteiger partial charge >= 0.3 is 0 Å². The second-order valence-corrected chi connectivity index (χ2v) is 4.99. The van der Waals surface area contributed by atoms with Crippen molar-refractivity contribution in [3.8, 4) is 0 Å². The van der Waals surface area contributed by atoms with E-state index in [0.29, 0.717) is 5.02 Å². The van der Waals surface area contributed by atoms with Crippen LogP contribution < -0.4 is 10.6 Å². The lowest BCUT2D eigenvalue weighted by molar-refractivity contribution is -0.114. The minimum atomic E-state index is -0.521. The standard InChI is InChI=1S/C14H10Cl2F2N2O/c15-8-1-3-11(18)13(5-8)19-7-14(21)20-12-4-2-9(17)6-10(12)16/h1-6,19H,7H2,(H,20,21). The molecule has 2 rings (SSSR count). The first-order valence-corrected chi connectivity index (χ1v) is 6.65. The average molecular weight is 331 g/mol. The Kier molecular flexibility index (Phi) is 4.98. The molecule has 3 nitrogen and oxygen atoms in total. The van der Waals surface area contributed by atoms with Crippen molar-refractivity contribution in [2.75, 3.05) is 17.2 Å². The highest BCUT2D eigenvalue weighted by molar-refractivity contribution is 6.33. The van der Waals surface area contributed by atoms with E-state index in [2.05, 4.69) is 10.6 Å². The van der Waals surface area contributed by atoms with Gasteiger partial charge < -0.3 is 10.6 Å². The fourth-order valence-electron chi connectivity index (χ4n) is 1.59. The van der Waals surface area contributed by atoms with Gasteiger partial charge in [0.25, 0.3) is 0 Å². The van der Waals surface area contributed by atoms with Gasteiger partial charge in [-0.05, 0) is 36.4 Å². The van der Waals surface area contributed by atoms with Gasteiger partial charge in [-0.1, -0.05) is 23.2 Å². The zero-order valence-corrected chi connectivity index (χ0v) is 12.1. The Morgan fingerprint density at radius 2 is 1.81 bits per heavy atom. The van der Waals surface area contributed by atoms with Crippen LogP contribution in [-0.2, 0) is 4.79 Å². The van der Waals surface area contributed by atoms with Gasteiger partial charge in [0.1, 0.15) is 11.6 Å². The van der Waals surface area contributed by atoms with Gasteiger partial charge in [-0.15, -0.1) is 0 Å². The van der Waals surface area contributed by atoms with Crippen LogP contribution in [0.25, 0.3) is 0 Å². The molecule has 0 aliphatic carbocycles. The number of benzene rings is 2. The topological polar surface area (TPSA) is 41.1 Å². The zero-order chi connectivity index (χ0) is 15.4. The second-order valence-electron chi connectivity index (χ2n) is 4.15. The lowest BCUT2D eigenvalue weighted by atomic mass is 10.3. The maximum absolute atomic E-state index is 13.4. The summed E-state index contributed by atoms with van der Waals surface area (Å²) < 4.78 is 26.3. The molecule has 0 spiro atoms. The Balaban J connectivity index is 1.97. The van der Waals surface area contributed by atoms with Crippen LogP contribution in [0.1, 0.15) is 0 Å². The molecule has 7 heteroatoms. The van der Waals surface area contributed by atoms with Crippen LogP contribution in [-0.4, -0.2) is 12.5 Å². The van der Waals surface area contributed by atoms with Crippen molar-refractivity contribution < 1.29 is 13.6 Å². The molecule has 0 aliphatic heterocycles. The number of nitrogens with one attached hydrogen (secondary N) is 2. The molecule has 0 bridgehead atoms. The Bertz CT molecular complexity index is 680. The normalized spacial score (nSPS) is 10.3. The molecule has 2 N–H and O–H groups in total. The highest BCUT2D eigenvalue weighted by Crippen LogP contribution is 2.22. The highest BCUT2D eigenvalue weighted by Gasteiger charge is 2.08. The van der Waals surface area contributed by atoms with E-state index in [1.807, 2.05) is 0 Å². The number of carbonyl (C=O) groups is 1. The smallest absolute Gasteiger partial charge is 0.243 e. The van der Waals surface area contributed by atoms with E-state index in [1.54, 1.807) is 0 Å². The molecule has 21 heavy (non-hydrogen) atoms. The van der Waals surface area contributed by atoms with Gasteiger partial charge in [0, 0.05) is 5.02 Å². The van der Waals surface area contributed by atoms with Gasteiger partial charge in [0.2, 0.25) is 5.91 Å². The summed E-state index contributed by atoms with van der Waals surface area (Å²) in [5.74, 6) is -1.48. The van der Waals surface area contributed by atoms with Crippen molar-refractivity contribution in [3.05, 3.63) is 58.1 Å². The van der Waals surface area contributed by atoms with Crippen LogP contribution in [0.15, 0.2) is 36.4 Å². The van der Waals surface area contributed by atoms with Crippen molar-refractivity contribution in [1.82, 2.24) is 0 Å². The molecule has 0 radical (unpaired) electrons.